The Labute approximate surface area is 102 Å². The molecule has 0 saturated carbocycles. The molecular formula is C13H16O3S. The van der Waals surface area contributed by atoms with E-state index in [2.05, 4.69) is 0 Å². The van der Waals surface area contributed by atoms with Gasteiger partial charge in [-0.15, -0.1) is 0 Å². The highest BCUT2D eigenvalue weighted by Crippen LogP contribution is 2.23. The van der Waals surface area contributed by atoms with Gasteiger partial charge in [-0.2, -0.15) is 0 Å². The summed E-state index contributed by atoms with van der Waals surface area (Å²) >= 11 is 0. The van der Waals surface area contributed by atoms with Crippen molar-refractivity contribution in [1.82, 2.24) is 0 Å². The van der Waals surface area contributed by atoms with Crippen molar-refractivity contribution >= 4 is 15.6 Å². The lowest BCUT2D eigenvalue weighted by molar-refractivity contribution is 0.102. The predicted molar refractivity (Wildman–Crippen MR) is 67.1 cm³/mol. The largest absolute Gasteiger partial charge is 0.293 e. The lowest BCUT2D eigenvalue weighted by atomic mass is 10.0. The summed E-state index contributed by atoms with van der Waals surface area (Å²) in [5.74, 6) is -0.645. The highest BCUT2D eigenvalue weighted by Gasteiger charge is 2.18. The van der Waals surface area contributed by atoms with Crippen molar-refractivity contribution in [2.45, 2.75) is 26.2 Å². The summed E-state index contributed by atoms with van der Waals surface area (Å²) in [7, 11) is -3.23. The topological polar surface area (TPSA) is 51.2 Å². The van der Waals surface area contributed by atoms with Gasteiger partial charge in [-0.25, -0.2) is 8.42 Å². The van der Waals surface area contributed by atoms with Gasteiger partial charge in [0.1, 0.15) is 5.75 Å². The van der Waals surface area contributed by atoms with Crippen LogP contribution in [0.3, 0.4) is 0 Å². The summed E-state index contributed by atoms with van der Waals surface area (Å²) < 4.78 is 22.8. The second kappa shape index (κ2) is 4.61. The summed E-state index contributed by atoms with van der Waals surface area (Å²) in [4.78, 5) is 11.8. The fourth-order valence-electron chi connectivity index (χ4n) is 2.13. The average Bonchev–Trinajstić information content (AvgIpc) is 2.75. The molecule has 3 nitrogen and oxygen atoms in total. The van der Waals surface area contributed by atoms with Gasteiger partial charge in [0.05, 0.1) is 0 Å². The van der Waals surface area contributed by atoms with E-state index < -0.39 is 9.84 Å². The zero-order valence-electron chi connectivity index (χ0n) is 9.90. The number of fused-ring (bicyclic) bond motifs is 1. The van der Waals surface area contributed by atoms with E-state index in [0.29, 0.717) is 5.56 Å². The van der Waals surface area contributed by atoms with Crippen LogP contribution in [0.15, 0.2) is 18.2 Å². The molecule has 0 radical (unpaired) electrons. The maximum atomic E-state index is 11.8. The number of ketones is 1. The van der Waals surface area contributed by atoms with Gasteiger partial charge in [0.25, 0.3) is 0 Å². The van der Waals surface area contributed by atoms with E-state index in [9.17, 15) is 13.2 Å². The number of carbonyl (C=O) groups excluding carboxylic acids is 1. The highest BCUT2D eigenvalue weighted by atomic mass is 32.2. The van der Waals surface area contributed by atoms with Crippen molar-refractivity contribution in [2.24, 2.45) is 0 Å². The molecule has 0 atom stereocenters. The average molecular weight is 252 g/mol. The first-order chi connectivity index (χ1) is 8.02. The monoisotopic (exact) mass is 252 g/mol. The van der Waals surface area contributed by atoms with Crippen molar-refractivity contribution in [2.75, 3.05) is 11.5 Å². The normalized spacial score (nSPS) is 14.6. The quantitative estimate of drug-likeness (QED) is 0.768. The minimum Gasteiger partial charge on any atom is -0.293 e. The first kappa shape index (κ1) is 12.3. The first-order valence-corrected chi connectivity index (χ1v) is 7.69. The van der Waals surface area contributed by atoms with Gasteiger partial charge in [0.2, 0.25) is 0 Å². The molecule has 0 bridgehead atoms. The highest BCUT2D eigenvalue weighted by molar-refractivity contribution is 7.92. The molecule has 17 heavy (non-hydrogen) atoms. The Bertz CT molecular complexity index is 544. The summed E-state index contributed by atoms with van der Waals surface area (Å²) in [6.07, 6.45) is 3.19. The number of hydrogen-bond acceptors (Lipinski definition) is 3. The number of hydrogen-bond donors (Lipinski definition) is 0. The molecule has 0 N–H and O–H groups in total. The molecule has 0 amide bonds. The van der Waals surface area contributed by atoms with Crippen LogP contribution in [0.4, 0.5) is 0 Å². The van der Waals surface area contributed by atoms with Crippen LogP contribution in [0.1, 0.15) is 34.8 Å². The molecule has 0 aromatic heterocycles. The molecule has 1 aromatic carbocycles. The predicted octanol–water partition coefficient (Wildman–Crippen LogP) is 1.79. The smallest absolute Gasteiger partial charge is 0.177 e. The Morgan fingerprint density at radius 2 is 1.94 bits per heavy atom. The fraction of sp³-hybridized carbons (Fsp3) is 0.462. The van der Waals surface area contributed by atoms with E-state index in [0.717, 1.165) is 19.3 Å². The van der Waals surface area contributed by atoms with Crippen molar-refractivity contribution in [3.8, 4) is 0 Å². The maximum absolute atomic E-state index is 11.8. The number of benzene rings is 1. The van der Waals surface area contributed by atoms with E-state index in [1.54, 1.807) is 13.0 Å². The third kappa shape index (κ3) is 2.75. The van der Waals surface area contributed by atoms with E-state index in [1.165, 1.54) is 11.1 Å². The van der Waals surface area contributed by atoms with Crippen LogP contribution in [-0.4, -0.2) is 25.7 Å². The molecule has 2 rings (SSSR count). The fourth-order valence-corrected chi connectivity index (χ4v) is 2.90. The minimum absolute atomic E-state index is 0.0175. The van der Waals surface area contributed by atoms with E-state index in [4.69, 9.17) is 0 Å². The number of aryl methyl sites for hydroxylation is 2. The van der Waals surface area contributed by atoms with Gasteiger partial charge in [-0.3, -0.25) is 4.79 Å². The third-order valence-electron chi connectivity index (χ3n) is 3.21. The molecule has 0 spiro atoms. The number of Topliss-reactive ketones (excluding diaryl/α,β-unsaturated/α-hetero) is 1. The second-order valence-electron chi connectivity index (χ2n) is 4.44. The molecule has 92 valence electrons. The van der Waals surface area contributed by atoms with Crippen LogP contribution >= 0.6 is 0 Å². The molecule has 4 heteroatoms. The first-order valence-electron chi connectivity index (χ1n) is 5.87. The Morgan fingerprint density at radius 3 is 2.65 bits per heavy atom. The lowest BCUT2D eigenvalue weighted by Crippen LogP contribution is -2.17. The van der Waals surface area contributed by atoms with Gasteiger partial charge in [0.15, 0.2) is 15.6 Å². The Kier molecular flexibility index (Phi) is 3.33. The minimum atomic E-state index is -3.23. The zero-order chi connectivity index (χ0) is 12.5. The molecule has 0 heterocycles. The van der Waals surface area contributed by atoms with E-state index in [-0.39, 0.29) is 17.3 Å². The maximum Gasteiger partial charge on any atom is 0.177 e. The zero-order valence-corrected chi connectivity index (χ0v) is 10.7. The van der Waals surface area contributed by atoms with Crippen LogP contribution in [-0.2, 0) is 22.7 Å². The SMILES string of the molecule is CCS(=O)(=O)CC(=O)c1ccc2c(c1)CCC2. The lowest BCUT2D eigenvalue weighted by Gasteiger charge is -2.04. The summed E-state index contributed by atoms with van der Waals surface area (Å²) in [5.41, 5.74) is 3.02. The molecule has 0 aliphatic heterocycles. The Morgan fingerprint density at radius 1 is 1.24 bits per heavy atom. The molecular weight excluding hydrogens is 236 g/mol. The molecule has 0 saturated heterocycles. The van der Waals surface area contributed by atoms with Crippen molar-refractivity contribution in [3.05, 3.63) is 34.9 Å². The second-order valence-corrected chi connectivity index (χ2v) is 6.79. The van der Waals surface area contributed by atoms with Gasteiger partial charge in [-0.05, 0) is 36.5 Å². The van der Waals surface area contributed by atoms with Gasteiger partial charge >= 0.3 is 0 Å². The van der Waals surface area contributed by atoms with Crippen molar-refractivity contribution < 1.29 is 13.2 Å². The standard InChI is InChI=1S/C13H16O3S/c1-2-17(15,16)9-13(14)12-7-6-10-4-3-5-11(10)8-12/h6-8H,2-5,9H2,1H3. The van der Waals surface area contributed by atoms with E-state index in [1.807, 2.05) is 12.1 Å². The van der Waals surface area contributed by atoms with Crippen molar-refractivity contribution in [1.29, 1.82) is 0 Å². The number of sulfone groups is 1. The molecule has 1 aliphatic rings. The summed E-state index contributed by atoms with van der Waals surface area (Å²) in [5, 5.41) is 0. The molecule has 1 aliphatic carbocycles. The van der Waals surface area contributed by atoms with Gasteiger partial charge < -0.3 is 0 Å². The Balaban J connectivity index is 2.21. The summed E-state index contributed by atoms with van der Waals surface area (Å²) in [6.45, 7) is 1.56. The van der Waals surface area contributed by atoms with Crippen LogP contribution in [0.25, 0.3) is 0 Å². The Hall–Kier alpha value is -1.16. The van der Waals surface area contributed by atoms with Gasteiger partial charge in [0, 0.05) is 11.3 Å². The third-order valence-corrected chi connectivity index (χ3v) is 4.79. The van der Waals surface area contributed by atoms with Crippen LogP contribution in [0, 0.1) is 0 Å². The van der Waals surface area contributed by atoms with Crippen LogP contribution in [0.2, 0.25) is 0 Å². The molecule has 1 aromatic rings. The van der Waals surface area contributed by atoms with Crippen LogP contribution in [0.5, 0.6) is 0 Å². The summed E-state index contributed by atoms with van der Waals surface area (Å²) in [6, 6.07) is 5.56. The number of carbonyl (C=O) groups is 1. The van der Waals surface area contributed by atoms with Gasteiger partial charge in [-0.1, -0.05) is 19.1 Å². The number of rotatable bonds is 4. The van der Waals surface area contributed by atoms with Crippen LogP contribution < -0.4 is 0 Å². The van der Waals surface area contributed by atoms with Crippen molar-refractivity contribution in [3.63, 3.8) is 0 Å². The molecule has 0 unspecified atom stereocenters. The molecule has 0 fully saturated rings. The van der Waals surface area contributed by atoms with E-state index >= 15 is 0 Å².